The highest BCUT2D eigenvalue weighted by atomic mass is 16.1. The second-order valence-electron chi connectivity index (χ2n) is 5.78. The lowest BCUT2D eigenvalue weighted by molar-refractivity contribution is 0.0956. The maximum atomic E-state index is 12.0. The molecule has 0 spiro atoms. The van der Waals surface area contributed by atoms with E-state index in [4.69, 9.17) is 0 Å². The van der Waals surface area contributed by atoms with Gasteiger partial charge in [-0.2, -0.15) is 0 Å². The van der Waals surface area contributed by atoms with Crippen LogP contribution in [0.15, 0.2) is 48.9 Å². The Bertz CT molecular complexity index is 846. The lowest BCUT2D eigenvalue weighted by Crippen LogP contribution is -2.23. The van der Waals surface area contributed by atoms with Crippen LogP contribution in [0.3, 0.4) is 0 Å². The van der Waals surface area contributed by atoms with E-state index < -0.39 is 0 Å². The minimum absolute atomic E-state index is 0.0531. The molecule has 1 amide bonds. The number of carbonyl (C=O) groups excluding carboxylic acids is 1. The van der Waals surface area contributed by atoms with E-state index in [1.165, 1.54) is 0 Å². The normalized spacial score (nSPS) is 10.4. The fourth-order valence-corrected chi connectivity index (χ4v) is 2.45. The number of anilines is 2. The summed E-state index contributed by atoms with van der Waals surface area (Å²) in [7, 11) is 2.03. The first-order chi connectivity index (χ1) is 12.2. The van der Waals surface area contributed by atoms with Crippen molar-refractivity contribution >= 4 is 25.4 Å². The Labute approximate surface area is 147 Å². The van der Waals surface area contributed by atoms with Crippen molar-refractivity contribution in [3.8, 4) is 11.3 Å². The molecule has 0 aliphatic heterocycles. The molecule has 1 aromatic carbocycles. The third kappa shape index (κ3) is 4.06. The molecule has 0 radical (unpaired) electrons. The summed E-state index contributed by atoms with van der Waals surface area (Å²) in [6.45, 7) is 2.65. The minimum atomic E-state index is -0.0531. The number of aromatic amines is 1. The second-order valence-corrected chi connectivity index (χ2v) is 5.78. The molecule has 2 heterocycles. The van der Waals surface area contributed by atoms with Crippen molar-refractivity contribution < 1.29 is 4.79 Å². The molecule has 0 atom stereocenters. The summed E-state index contributed by atoms with van der Waals surface area (Å²) < 4.78 is 0. The van der Waals surface area contributed by atoms with Gasteiger partial charge in [0.2, 0.25) is 5.95 Å². The third-order valence-corrected chi connectivity index (χ3v) is 3.78. The van der Waals surface area contributed by atoms with E-state index in [2.05, 4.69) is 25.6 Å². The van der Waals surface area contributed by atoms with Gasteiger partial charge in [-0.25, -0.2) is 9.97 Å². The molecule has 3 aromatic rings. The van der Waals surface area contributed by atoms with Crippen molar-refractivity contribution in [1.29, 1.82) is 0 Å². The largest absolute Gasteiger partial charge is 0.366 e. The van der Waals surface area contributed by atoms with Crippen LogP contribution in [0.1, 0.15) is 15.9 Å². The second kappa shape index (κ2) is 7.66. The lowest BCUT2D eigenvalue weighted by atomic mass is 10.0. The number of nitrogens with one attached hydrogen (secondary N) is 3. The average molecular weight is 333 g/mol. The number of nitrogens with zero attached hydrogens (tertiary/aromatic N) is 2. The number of H-pyrrole nitrogens is 1. The van der Waals surface area contributed by atoms with Crippen molar-refractivity contribution in [2.45, 2.75) is 13.2 Å². The Hall–Kier alpha value is -3.09. The van der Waals surface area contributed by atoms with Gasteiger partial charge in [0, 0.05) is 36.3 Å². The van der Waals surface area contributed by atoms with Gasteiger partial charge in [0.15, 0.2) is 0 Å². The molecule has 0 saturated heterocycles. The van der Waals surface area contributed by atoms with E-state index in [-0.39, 0.29) is 5.91 Å². The number of benzene rings is 1. The Morgan fingerprint density at radius 1 is 1.24 bits per heavy atom. The maximum absolute atomic E-state index is 12.0. The van der Waals surface area contributed by atoms with Gasteiger partial charge in [0.1, 0.15) is 7.85 Å². The molecular weight excluding hydrogens is 313 g/mol. The molecule has 3 N–H and O–H groups in total. The quantitative estimate of drug-likeness (QED) is 0.605. The first-order valence-electron chi connectivity index (χ1n) is 8.29. The lowest BCUT2D eigenvalue weighted by Gasteiger charge is -2.09. The highest BCUT2D eigenvalue weighted by Gasteiger charge is 2.09. The van der Waals surface area contributed by atoms with E-state index in [1.807, 2.05) is 57.5 Å². The van der Waals surface area contributed by atoms with Gasteiger partial charge in [-0.15, -0.1) is 0 Å². The van der Waals surface area contributed by atoms with Gasteiger partial charge in [-0.1, -0.05) is 18.5 Å². The van der Waals surface area contributed by atoms with Gasteiger partial charge in [-0.05, 0) is 30.7 Å². The molecular formula is C18H20BN5O. The summed E-state index contributed by atoms with van der Waals surface area (Å²) in [6.07, 6.45) is 6.38. The summed E-state index contributed by atoms with van der Waals surface area (Å²) in [5.74, 6) is 0.479. The molecule has 0 bridgehead atoms. The Morgan fingerprint density at radius 2 is 2.04 bits per heavy atom. The first kappa shape index (κ1) is 16.8. The van der Waals surface area contributed by atoms with Crippen LogP contribution in [0, 0.1) is 6.92 Å². The van der Waals surface area contributed by atoms with Crippen molar-refractivity contribution in [1.82, 2.24) is 20.3 Å². The molecule has 0 unspecified atom stereocenters. The third-order valence-electron chi connectivity index (χ3n) is 3.78. The number of rotatable bonds is 6. The van der Waals surface area contributed by atoms with Crippen LogP contribution < -0.4 is 10.6 Å². The number of carbonyl (C=O) groups is 1. The molecule has 0 saturated carbocycles. The number of hydrogen-bond donors (Lipinski definition) is 3. The Morgan fingerprint density at radius 3 is 2.72 bits per heavy atom. The van der Waals surface area contributed by atoms with Crippen LogP contribution >= 0.6 is 0 Å². The highest BCUT2D eigenvalue weighted by Crippen LogP contribution is 2.23. The number of amides is 1. The zero-order chi connectivity index (χ0) is 17.6. The number of aromatic nitrogens is 3. The number of aryl methyl sites for hydroxylation is 1. The molecule has 0 aliphatic rings. The smallest absolute Gasteiger partial charge is 0.251 e. The molecule has 2 aromatic heterocycles. The minimum Gasteiger partial charge on any atom is -0.366 e. The summed E-state index contributed by atoms with van der Waals surface area (Å²) >= 11 is 0. The first-order valence-corrected chi connectivity index (χ1v) is 8.29. The van der Waals surface area contributed by atoms with Crippen molar-refractivity contribution in [3.63, 3.8) is 0 Å². The van der Waals surface area contributed by atoms with E-state index in [0.29, 0.717) is 18.1 Å². The van der Waals surface area contributed by atoms with Gasteiger partial charge in [-0.3, -0.25) is 4.79 Å². The maximum Gasteiger partial charge on any atom is 0.251 e. The zero-order valence-corrected chi connectivity index (χ0v) is 14.3. The van der Waals surface area contributed by atoms with Gasteiger partial charge < -0.3 is 15.6 Å². The van der Waals surface area contributed by atoms with Gasteiger partial charge in [0.25, 0.3) is 5.91 Å². The standard InChI is InChI=1S/C18H20BN5O/c1-12-10-22-18(23-15-6-8-20-11-15)24-16(12)13-2-4-14(5-3-13)17(25)21-9-7-19/h2-6,8,10-11,20H,7,9,19H2,1H3,(H,21,25)(H,22,23,24). The summed E-state index contributed by atoms with van der Waals surface area (Å²) in [5.41, 5.74) is 4.31. The van der Waals surface area contributed by atoms with Crippen LogP contribution in [-0.2, 0) is 0 Å². The molecule has 0 aliphatic carbocycles. The average Bonchev–Trinajstić information content (AvgIpc) is 3.14. The van der Waals surface area contributed by atoms with Crippen LogP contribution in [-0.4, -0.2) is 35.3 Å². The predicted molar refractivity (Wildman–Crippen MR) is 102 cm³/mol. The van der Waals surface area contributed by atoms with Crippen molar-refractivity contribution in [3.05, 3.63) is 60.0 Å². The monoisotopic (exact) mass is 333 g/mol. The van der Waals surface area contributed by atoms with Crippen molar-refractivity contribution in [2.75, 3.05) is 11.9 Å². The predicted octanol–water partition coefficient (Wildman–Crippen LogP) is 2.30. The molecule has 6 nitrogen and oxygen atoms in total. The molecule has 7 heteroatoms. The Kier molecular flexibility index (Phi) is 5.13. The summed E-state index contributed by atoms with van der Waals surface area (Å²) in [4.78, 5) is 23.9. The van der Waals surface area contributed by atoms with Crippen LogP contribution in [0.5, 0.6) is 0 Å². The molecule has 0 fully saturated rings. The van der Waals surface area contributed by atoms with Crippen LogP contribution in [0.25, 0.3) is 11.3 Å². The Balaban J connectivity index is 1.82. The fraction of sp³-hybridized carbons (Fsp3) is 0.167. The fourth-order valence-electron chi connectivity index (χ4n) is 2.45. The highest BCUT2D eigenvalue weighted by molar-refractivity contribution is 6.08. The summed E-state index contributed by atoms with van der Waals surface area (Å²) in [5, 5.41) is 6.03. The molecule has 25 heavy (non-hydrogen) atoms. The van der Waals surface area contributed by atoms with Crippen molar-refractivity contribution in [2.24, 2.45) is 0 Å². The van der Waals surface area contributed by atoms with E-state index in [9.17, 15) is 4.79 Å². The van der Waals surface area contributed by atoms with Crippen LogP contribution in [0.2, 0.25) is 6.32 Å². The summed E-state index contributed by atoms with van der Waals surface area (Å²) in [6, 6.07) is 9.38. The molecule has 126 valence electrons. The topological polar surface area (TPSA) is 82.7 Å². The van der Waals surface area contributed by atoms with E-state index >= 15 is 0 Å². The SMILES string of the molecule is BCCNC(=O)c1ccc(-c2nc(Nc3cc[nH]c3)ncc2C)cc1. The van der Waals surface area contributed by atoms with Gasteiger partial charge in [0.05, 0.1) is 11.4 Å². The van der Waals surface area contributed by atoms with E-state index in [1.54, 1.807) is 6.20 Å². The zero-order valence-electron chi connectivity index (χ0n) is 14.3. The molecule has 3 rings (SSSR count). The van der Waals surface area contributed by atoms with E-state index in [0.717, 1.165) is 28.8 Å². The van der Waals surface area contributed by atoms with Crippen LogP contribution in [0.4, 0.5) is 11.6 Å². The number of hydrogen-bond acceptors (Lipinski definition) is 4. The van der Waals surface area contributed by atoms with Gasteiger partial charge >= 0.3 is 0 Å².